The molecule has 3 N–H and O–H groups in total. The van der Waals surface area contributed by atoms with Crippen LogP contribution in [0.15, 0.2) is 54.7 Å². The molecule has 10 heteroatoms. The van der Waals surface area contributed by atoms with Crippen LogP contribution in [-0.4, -0.2) is 68.0 Å². The van der Waals surface area contributed by atoms with Crippen LogP contribution in [0.3, 0.4) is 0 Å². The number of aromatic nitrogens is 1. The Kier molecular flexibility index (Phi) is 7.53. The number of hydrogen-bond acceptors (Lipinski definition) is 6. The number of H-pyrrole nitrogens is 1. The fourth-order valence-electron chi connectivity index (χ4n) is 3.64. The summed E-state index contributed by atoms with van der Waals surface area (Å²) in [4.78, 5) is 37.0. The lowest BCUT2D eigenvalue weighted by molar-refractivity contribution is -0.384. The van der Waals surface area contributed by atoms with Gasteiger partial charge in [-0.2, -0.15) is 0 Å². The van der Waals surface area contributed by atoms with Gasteiger partial charge in [-0.05, 0) is 17.2 Å². The number of aliphatic carboxylic acids is 2. The van der Waals surface area contributed by atoms with Gasteiger partial charge in [0.05, 0.1) is 4.92 Å². The summed E-state index contributed by atoms with van der Waals surface area (Å²) in [6.45, 7) is 5.69. The fraction of sp³-hybridized carbons (Fsp3) is 0.273. The van der Waals surface area contributed by atoms with Crippen LogP contribution in [0.25, 0.3) is 10.9 Å². The lowest BCUT2D eigenvalue weighted by Gasteiger charge is -2.34. The van der Waals surface area contributed by atoms with Crippen molar-refractivity contribution in [1.29, 1.82) is 0 Å². The summed E-state index contributed by atoms with van der Waals surface area (Å²) >= 11 is 0. The summed E-state index contributed by atoms with van der Waals surface area (Å²) in [6, 6.07) is 15.4. The number of nitro benzene ring substituents is 1. The number of nitrogens with one attached hydrogen (secondary N) is 1. The highest BCUT2D eigenvalue weighted by molar-refractivity contribution is 6.27. The molecule has 1 saturated heterocycles. The molecule has 4 rings (SSSR count). The minimum atomic E-state index is -1.82. The maximum Gasteiger partial charge on any atom is 0.414 e. The number of non-ortho nitro benzene ring substituents is 1. The van der Waals surface area contributed by atoms with Crippen LogP contribution in [0, 0.1) is 10.1 Å². The molecule has 168 valence electrons. The van der Waals surface area contributed by atoms with E-state index in [1.807, 2.05) is 6.07 Å². The van der Waals surface area contributed by atoms with Crippen LogP contribution in [0.2, 0.25) is 0 Å². The van der Waals surface area contributed by atoms with E-state index in [9.17, 15) is 10.1 Å². The van der Waals surface area contributed by atoms with Gasteiger partial charge in [0.15, 0.2) is 0 Å². The number of rotatable bonds is 5. The van der Waals surface area contributed by atoms with E-state index in [0.29, 0.717) is 0 Å². The van der Waals surface area contributed by atoms with Crippen molar-refractivity contribution in [2.45, 2.75) is 13.1 Å². The normalized spacial score (nSPS) is 14.5. The number of carboxylic acid groups (broad SMARTS) is 2. The Balaban J connectivity index is 0.000000427. The van der Waals surface area contributed by atoms with Crippen molar-refractivity contribution in [2.24, 2.45) is 0 Å². The van der Waals surface area contributed by atoms with Gasteiger partial charge in [-0.15, -0.1) is 0 Å². The number of piperazine rings is 1. The highest BCUT2D eigenvalue weighted by Gasteiger charge is 2.19. The standard InChI is InChI=1S/C20H22N4O2.C2H2O4/c25-24(26)18-5-3-4-16(12-18)14-22-8-10-23(11-9-22)15-17-13-21-20-7-2-1-6-19(17)20;3-1(4)2(5)6/h1-7,12-13,21H,8-11,14-15H2;(H,3,4)(H,5,6). The molecule has 0 bridgehead atoms. The Morgan fingerprint density at radius 2 is 1.56 bits per heavy atom. The van der Waals surface area contributed by atoms with Gasteiger partial charge in [-0.3, -0.25) is 19.9 Å². The zero-order valence-corrected chi connectivity index (χ0v) is 17.3. The van der Waals surface area contributed by atoms with Crippen molar-refractivity contribution in [1.82, 2.24) is 14.8 Å². The molecule has 0 amide bonds. The number of para-hydroxylation sites is 1. The smallest absolute Gasteiger partial charge is 0.414 e. The first kappa shape index (κ1) is 22.9. The molecule has 3 aromatic rings. The SMILES string of the molecule is O=C(O)C(=O)O.O=[N+]([O-])c1cccc(CN2CCN(Cc3c[nH]c4ccccc34)CC2)c1. The van der Waals surface area contributed by atoms with Crippen LogP contribution < -0.4 is 0 Å². The average Bonchev–Trinajstić information content (AvgIpc) is 3.18. The third-order valence-electron chi connectivity index (χ3n) is 5.24. The van der Waals surface area contributed by atoms with Crippen molar-refractivity contribution >= 4 is 28.5 Å². The number of fused-ring (bicyclic) bond motifs is 1. The van der Waals surface area contributed by atoms with Gasteiger partial charge in [-0.25, -0.2) is 9.59 Å². The Bertz CT molecular complexity index is 1090. The predicted octanol–water partition coefficient (Wildman–Crippen LogP) is 2.55. The summed E-state index contributed by atoms with van der Waals surface area (Å²) in [5, 5.41) is 27.0. The average molecular weight is 440 g/mol. The number of benzene rings is 2. The van der Waals surface area contributed by atoms with Gasteiger partial charge >= 0.3 is 11.9 Å². The highest BCUT2D eigenvalue weighted by Crippen LogP contribution is 2.20. The van der Waals surface area contributed by atoms with Gasteiger partial charge in [0, 0.05) is 68.5 Å². The molecule has 1 aliphatic heterocycles. The highest BCUT2D eigenvalue weighted by atomic mass is 16.6. The van der Waals surface area contributed by atoms with Gasteiger partial charge < -0.3 is 15.2 Å². The first-order chi connectivity index (χ1) is 15.3. The second-order valence-electron chi connectivity index (χ2n) is 7.45. The molecule has 0 unspecified atom stereocenters. The largest absolute Gasteiger partial charge is 0.473 e. The van der Waals surface area contributed by atoms with Crippen molar-refractivity contribution in [3.05, 3.63) is 76.0 Å². The third-order valence-corrected chi connectivity index (χ3v) is 5.24. The lowest BCUT2D eigenvalue weighted by Crippen LogP contribution is -2.45. The van der Waals surface area contributed by atoms with Crippen molar-refractivity contribution in [2.75, 3.05) is 26.2 Å². The van der Waals surface area contributed by atoms with Gasteiger partial charge in [-0.1, -0.05) is 30.3 Å². The molecule has 2 heterocycles. The van der Waals surface area contributed by atoms with Crippen LogP contribution in [0.4, 0.5) is 5.69 Å². The minimum Gasteiger partial charge on any atom is -0.473 e. The van der Waals surface area contributed by atoms with Crippen LogP contribution in [-0.2, 0) is 22.7 Å². The maximum absolute atomic E-state index is 10.9. The molecule has 1 aliphatic rings. The molecule has 0 saturated carbocycles. The lowest BCUT2D eigenvalue weighted by atomic mass is 10.1. The second kappa shape index (κ2) is 10.5. The van der Waals surface area contributed by atoms with E-state index >= 15 is 0 Å². The topological polar surface area (TPSA) is 140 Å². The molecule has 0 radical (unpaired) electrons. The van der Waals surface area contributed by atoms with Crippen molar-refractivity contribution in [3.63, 3.8) is 0 Å². The zero-order valence-electron chi connectivity index (χ0n) is 17.3. The van der Waals surface area contributed by atoms with Gasteiger partial charge in [0.2, 0.25) is 0 Å². The molecular weight excluding hydrogens is 416 g/mol. The minimum absolute atomic E-state index is 0.167. The first-order valence-electron chi connectivity index (χ1n) is 10.0. The van der Waals surface area contributed by atoms with E-state index in [-0.39, 0.29) is 10.6 Å². The van der Waals surface area contributed by atoms with Crippen LogP contribution in [0.5, 0.6) is 0 Å². The third kappa shape index (κ3) is 6.13. The first-order valence-corrected chi connectivity index (χ1v) is 10.0. The van der Waals surface area contributed by atoms with Gasteiger partial charge in [0.1, 0.15) is 0 Å². The molecular formula is C22H24N4O6. The van der Waals surface area contributed by atoms with E-state index < -0.39 is 11.9 Å². The Labute approximate surface area is 183 Å². The molecule has 1 aromatic heterocycles. The van der Waals surface area contributed by atoms with Crippen molar-refractivity contribution < 1.29 is 24.7 Å². The van der Waals surface area contributed by atoms with Crippen LogP contribution in [0.1, 0.15) is 11.1 Å². The fourth-order valence-corrected chi connectivity index (χ4v) is 3.64. The molecule has 32 heavy (non-hydrogen) atoms. The molecule has 1 fully saturated rings. The number of nitrogens with zero attached hydrogens (tertiary/aromatic N) is 3. The van der Waals surface area contributed by atoms with E-state index in [1.54, 1.807) is 18.2 Å². The number of nitro groups is 1. The van der Waals surface area contributed by atoms with E-state index in [2.05, 4.69) is 45.2 Å². The summed E-state index contributed by atoms with van der Waals surface area (Å²) in [6.07, 6.45) is 2.11. The quantitative estimate of drug-likeness (QED) is 0.312. The predicted molar refractivity (Wildman–Crippen MR) is 117 cm³/mol. The second-order valence-corrected chi connectivity index (χ2v) is 7.45. The molecule has 10 nitrogen and oxygen atoms in total. The Morgan fingerprint density at radius 1 is 0.938 bits per heavy atom. The number of aromatic amines is 1. The Hall–Kier alpha value is -3.76. The summed E-state index contributed by atoms with van der Waals surface area (Å²) < 4.78 is 0. The van der Waals surface area contributed by atoms with Crippen LogP contribution >= 0.6 is 0 Å². The Morgan fingerprint density at radius 3 is 2.19 bits per heavy atom. The number of carbonyl (C=O) groups is 2. The maximum atomic E-state index is 10.9. The van der Waals surface area contributed by atoms with E-state index in [1.165, 1.54) is 16.5 Å². The van der Waals surface area contributed by atoms with Gasteiger partial charge in [0.25, 0.3) is 5.69 Å². The van der Waals surface area contributed by atoms with Crippen molar-refractivity contribution in [3.8, 4) is 0 Å². The molecule has 0 spiro atoms. The number of carboxylic acids is 2. The molecule has 2 aromatic carbocycles. The molecule has 0 atom stereocenters. The van der Waals surface area contributed by atoms with E-state index in [0.717, 1.165) is 44.8 Å². The molecule has 0 aliphatic carbocycles. The zero-order chi connectivity index (χ0) is 23.1. The van der Waals surface area contributed by atoms with E-state index in [4.69, 9.17) is 19.8 Å². The summed E-state index contributed by atoms with van der Waals surface area (Å²) in [7, 11) is 0. The summed E-state index contributed by atoms with van der Waals surface area (Å²) in [5.41, 5.74) is 3.70. The monoisotopic (exact) mass is 440 g/mol. The number of hydrogen-bond donors (Lipinski definition) is 3. The summed E-state index contributed by atoms with van der Waals surface area (Å²) in [5.74, 6) is -3.65.